The maximum atomic E-state index is 10.9. The number of nitrogens with one attached hydrogen (secondary N) is 1. The largest absolute Gasteiger partial charge is 0.478 e. The smallest absolute Gasteiger partial charge is 0.339 e. The molecule has 0 amide bonds. The molecule has 5 nitrogen and oxygen atoms in total. The summed E-state index contributed by atoms with van der Waals surface area (Å²) in [4.78, 5) is 10.9. The van der Waals surface area contributed by atoms with E-state index in [0.29, 0.717) is 30.5 Å². The van der Waals surface area contributed by atoms with Crippen LogP contribution in [-0.2, 0) is 6.54 Å². The Morgan fingerprint density at radius 1 is 1.50 bits per heavy atom. The van der Waals surface area contributed by atoms with Gasteiger partial charge >= 0.3 is 5.97 Å². The minimum Gasteiger partial charge on any atom is -0.478 e. The van der Waals surface area contributed by atoms with Crippen molar-refractivity contribution in [2.75, 3.05) is 6.54 Å². The zero-order valence-corrected chi connectivity index (χ0v) is 12.1. The molecule has 0 saturated heterocycles. The van der Waals surface area contributed by atoms with Gasteiger partial charge in [0.2, 0.25) is 0 Å². The highest BCUT2D eigenvalue weighted by molar-refractivity contribution is 5.88. The molecule has 0 atom stereocenters. The second-order valence-corrected chi connectivity index (χ2v) is 6.00. The van der Waals surface area contributed by atoms with Gasteiger partial charge in [-0.05, 0) is 44.6 Å². The van der Waals surface area contributed by atoms with Crippen molar-refractivity contribution < 1.29 is 19.4 Å². The summed E-state index contributed by atoms with van der Waals surface area (Å²) < 4.78 is 5.39. The molecule has 0 spiro atoms. The fourth-order valence-corrected chi connectivity index (χ4v) is 2.74. The lowest BCUT2D eigenvalue weighted by atomic mass is 9.79. The number of carbonyl (C=O) groups is 1. The van der Waals surface area contributed by atoms with Gasteiger partial charge < -0.3 is 19.9 Å². The Bertz CT molecular complexity index is 472. The quantitative estimate of drug-likeness (QED) is 0.771. The Balaban J connectivity index is 1.84. The lowest BCUT2D eigenvalue weighted by Gasteiger charge is -2.35. The van der Waals surface area contributed by atoms with Crippen molar-refractivity contribution in [1.82, 2.24) is 5.32 Å². The molecule has 0 bridgehead atoms. The second-order valence-electron chi connectivity index (χ2n) is 6.00. The third-order valence-corrected chi connectivity index (χ3v) is 4.16. The number of hydrogen-bond donors (Lipinski definition) is 3. The predicted molar refractivity (Wildman–Crippen MR) is 74.7 cm³/mol. The lowest BCUT2D eigenvalue weighted by molar-refractivity contribution is -0.00657. The number of aliphatic hydroxyl groups is 1. The zero-order valence-electron chi connectivity index (χ0n) is 12.1. The molecular weight excluding hydrogens is 258 g/mol. The summed E-state index contributed by atoms with van der Waals surface area (Å²) in [6.45, 7) is 4.81. The molecule has 1 fully saturated rings. The minimum atomic E-state index is -0.975. The van der Waals surface area contributed by atoms with Crippen LogP contribution in [0.25, 0.3) is 0 Å². The van der Waals surface area contributed by atoms with Crippen molar-refractivity contribution in [3.63, 3.8) is 0 Å². The van der Waals surface area contributed by atoms with E-state index in [1.807, 2.05) is 0 Å². The average molecular weight is 281 g/mol. The van der Waals surface area contributed by atoms with Crippen LogP contribution in [0.3, 0.4) is 0 Å². The van der Waals surface area contributed by atoms with Gasteiger partial charge in [-0.25, -0.2) is 4.79 Å². The van der Waals surface area contributed by atoms with Crippen molar-refractivity contribution in [1.29, 1.82) is 0 Å². The van der Waals surface area contributed by atoms with Gasteiger partial charge in [-0.2, -0.15) is 0 Å². The number of carboxylic acids is 1. The van der Waals surface area contributed by atoms with Crippen LogP contribution < -0.4 is 5.32 Å². The summed E-state index contributed by atoms with van der Waals surface area (Å²) in [5.74, 6) is 0.728. The van der Waals surface area contributed by atoms with Gasteiger partial charge in [0.15, 0.2) is 0 Å². The highest BCUT2D eigenvalue weighted by atomic mass is 16.4. The number of aromatic carboxylic acids is 1. The maximum absolute atomic E-state index is 10.9. The number of rotatable bonds is 5. The molecule has 5 heteroatoms. The fraction of sp³-hybridized carbons (Fsp3) is 0.667. The number of carboxylic acid groups (broad SMARTS) is 1. The van der Waals surface area contributed by atoms with Crippen LogP contribution in [0.5, 0.6) is 0 Å². The molecule has 0 unspecified atom stereocenters. The summed E-state index contributed by atoms with van der Waals surface area (Å²) in [5, 5.41) is 22.6. The Morgan fingerprint density at radius 3 is 2.70 bits per heavy atom. The standard InChI is InChI=1S/C15H23NO4/c1-10-3-5-15(19,6-4-10)9-16-8-12-7-13(14(17)18)11(2)20-12/h7,10,16,19H,3-6,8-9H2,1-2H3,(H,17,18). The Kier molecular flexibility index (Phi) is 4.50. The maximum Gasteiger partial charge on any atom is 0.339 e. The van der Waals surface area contributed by atoms with E-state index in [1.54, 1.807) is 6.92 Å². The summed E-state index contributed by atoms with van der Waals surface area (Å²) in [6, 6.07) is 1.54. The average Bonchev–Trinajstić information content (AvgIpc) is 2.75. The van der Waals surface area contributed by atoms with Crippen molar-refractivity contribution >= 4 is 5.97 Å². The highest BCUT2D eigenvalue weighted by Gasteiger charge is 2.31. The lowest BCUT2D eigenvalue weighted by Crippen LogP contribution is -2.43. The molecule has 0 aromatic carbocycles. The van der Waals surface area contributed by atoms with Crippen LogP contribution in [0, 0.1) is 12.8 Å². The molecule has 112 valence electrons. The summed E-state index contributed by atoms with van der Waals surface area (Å²) in [6.07, 6.45) is 3.75. The molecule has 20 heavy (non-hydrogen) atoms. The van der Waals surface area contributed by atoms with Gasteiger partial charge in [-0.3, -0.25) is 0 Å². The molecule has 1 aromatic heterocycles. The van der Waals surface area contributed by atoms with E-state index >= 15 is 0 Å². The van der Waals surface area contributed by atoms with Crippen LogP contribution >= 0.6 is 0 Å². The normalized spacial score (nSPS) is 26.6. The van der Waals surface area contributed by atoms with Crippen molar-refractivity contribution in [3.05, 3.63) is 23.2 Å². The highest BCUT2D eigenvalue weighted by Crippen LogP contribution is 2.31. The van der Waals surface area contributed by atoms with E-state index in [2.05, 4.69) is 12.2 Å². The topological polar surface area (TPSA) is 82.7 Å². The first-order chi connectivity index (χ1) is 9.39. The molecule has 1 aromatic rings. The third-order valence-electron chi connectivity index (χ3n) is 4.16. The first-order valence-corrected chi connectivity index (χ1v) is 7.15. The summed E-state index contributed by atoms with van der Waals surface area (Å²) >= 11 is 0. The number of aryl methyl sites for hydroxylation is 1. The number of hydrogen-bond acceptors (Lipinski definition) is 4. The molecular formula is C15H23NO4. The summed E-state index contributed by atoms with van der Waals surface area (Å²) in [7, 11) is 0. The number of furan rings is 1. The van der Waals surface area contributed by atoms with Crippen LogP contribution in [-0.4, -0.2) is 28.3 Å². The van der Waals surface area contributed by atoms with E-state index in [0.717, 1.165) is 25.7 Å². The first-order valence-electron chi connectivity index (χ1n) is 7.15. The van der Waals surface area contributed by atoms with E-state index in [-0.39, 0.29) is 5.56 Å². The van der Waals surface area contributed by atoms with Gasteiger partial charge in [0.25, 0.3) is 0 Å². The second kappa shape index (κ2) is 5.97. The monoisotopic (exact) mass is 281 g/mol. The Labute approximate surface area is 119 Å². The molecule has 1 saturated carbocycles. The van der Waals surface area contributed by atoms with Crippen LogP contribution in [0.1, 0.15) is 54.5 Å². The van der Waals surface area contributed by atoms with Crippen LogP contribution in [0.4, 0.5) is 0 Å². The van der Waals surface area contributed by atoms with Gasteiger partial charge in [0.05, 0.1) is 12.1 Å². The zero-order chi connectivity index (χ0) is 14.8. The predicted octanol–water partition coefficient (Wildman–Crippen LogP) is 2.32. The molecule has 0 aliphatic heterocycles. The molecule has 1 aliphatic carbocycles. The molecule has 2 rings (SSSR count). The first kappa shape index (κ1) is 15.1. The molecule has 1 heterocycles. The Hall–Kier alpha value is -1.33. The molecule has 3 N–H and O–H groups in total. The van der Waals surface area contributed by atoms with E-state index in [9.17, 15) is 9.90 Å². The molecule has 1 aliphatic rings. The van der Waals surface area contributed by atoms with Crippen molar-refractivity contribution in [2.24, 2.45) is 5.92 Å². The Morgan fingerprint density at radius 2 is 2.15 bits per heavy atom. The van der Waals surface area contributed by atoms with E-state index < -0.39 is 11.6 Å². The van der Waals surface area contributed by atoms with Gasteiger partial charge in [0.1, 0.15) is 17.1 Å². The molecule has 0 radical (unpaired) electrons. The van der Waals surface area contributed by atoms with Gasteiger partial charge in [-0.15, -0.1) is 0 Å². The third kappa shape index (κ3) is 3.61. The van der Waals surface area contributed by atoms with Gasteiger partial charge in [0, 0.05) is 6.54 Å². The fourth-order valence-electron chi connectivity index (χ4n) is 2.74. The van der Waals surface area contributed by atoms with Crippen LogP contribution in [0.2, 0.25) is 0 Å². The van der Waals surface area contributed by atoms with Gasteiger partial charge in [-0.1, -0.05) is 6.92 Å². The SMILES string of the molecule is Cc1oc(CNCC2(O)CCC(C)CC2)cc1C(=O)O. The van der Waals surface area contributed by atoms with Crippen molar-refractivity contribution in [2.45, 2.75) is 51.7 Å². The summed E-state index contributed by atoms with van der Waals surface area (Å²) in [5.41, 5.74) is -0.434. The van der Waals surface area contributed by atoms with Crippen LogP contribution in [0.15, 0.2) is 10.5 Å². The van der Waals surface area contributed by atoms with Crippen molar-refractivity contribution in [3.8, 4) is 0 Å². The van der Waals surface area contributed by atoms with E-state index in [1.165, 1.54) is 6.07 Å². The minimum absolute atomic E-state index is 0.201. The van der Waals surface area contributed by atoms with E-state index in [4.69, 9.17) is 9.52 Å².